The van der Waals surface area contributed by atoms with Gasteiger partial charge in [0.15, 0.2) is 16.6 Å². The molecule has 4 rings (SSSR count). The Bertz CT molecular complexity index is 1230. The number of benzene rings is 1. The number of carbonyl (C=O) groups is 1. The van der Waals surface area contributed by atoms with Gasteiger partial charge in [-0.1, -0.05) is 35.5 Å². The number of rotatable bonds is 7. The fourth-order valence-electron chi connectivity index (χ4n) is 3.39. The molecule has 0 atom stereocenters. The predicted octanol–water partition coefficient (Wildman–Crippen LogP) is 4.33. The third kappa shape index (κ3) is 4.46. The van der Waals surface area contributed by atoms with Gasteiger partial charge in [-0.3, -0.25) is 4.79 Å². The largest absolute Gasteiger partial charge is 0.324 e. The number of hydrogen-bond acceptors (Lipinski definition) is 6. The van der Waals surface area contributed by atoms with Crippen molar-refractivity contribution in [2.75, 3.05) is 11.1 Å². The number of aromatic nitrogens is 6. The summed E-state index contributed by atoms with van der Waals surface area (Å²) in [6, 6.07) is 10.3. The minimum absolute atomic E-state index is 0.120. The first kappa shape index (κ1) is 21.0. The molecule has 3 heterocycles. The molecule has 31 heavy (non-hydrogen) atoms. The van der Waals surface area contributed by atoms with Gasteiger partial charge >= 0.3 is 0 Å². The fourth-order valence-corrected chi connectivity index (χ4v) is 4.19. The molecule has 0 radical (unpaired) electrons. The van der Waals surface area contributed by atoms with Crippen LogP contribution < -0.4 is 5.32 Å². The maximum absolute atomic E-state index is 12.5. The highest BCUT2D eigenvalue weighted by Gasteiger charge is 2.15. The molecule has 0 aliphatic rings. The Balaban J connectivity index is 1.44. The van der Waals surface area contributed by atoms with Gasteiger partial charge in [0, 0.05) is 23.5 Å². The van der Waals surface area contributed by atoms with Crippen LogP contribution in [0.25, 0.3) is 22.4 Å². The quantitative estimate of drug-likeness (QED) is 0.435. The van der Waals surface area contributed by atoms with E-state index in [9.17, 15) is 4.79 Å². The third-order valence-electron chi connectivity index (χ3n) is 4.85. The van der Waals surface area contributed by atoms with E-state index in [2.05, 4.69) is 58.5 Å². The fraction of sp³-hybridized carbons (Fsp3) is 0.318. The summed E-state index contributed by atoms with van der Waals surface area (Å²) in [6.07, 6.45) is 3.43. The van der Waals surface area contributed by atoms with Gasteiger partial charge in [-0.25, -0.2) is 9.67 Å². The molecule has 0 aliphatic heterocycles. The van der Waals surface area contributed by atoms with Crippen LogP contribution in [0.15, 0.2) is 47.9 Å². The highest BCUT2D eigenvalue weighted by atomic mass is 32.2. The molecule has 3 aromatic heterocycles. The molecule has 1 amide bonds. The summed E-state index contributed by atoms with van der Waals surface area (Å²) in [6.45, 7) is 8.93. The topological polar surface area (TPSA) is 90.5 Å². The molecule has 1 N–H and O–H groups in total. The molecule has 0 spiro atoms. The minimum Gasteiger partial charge on any atom is -0.324 e. The molecule has 0 saturated carbocycles. The molecule has 0 aliphatic carbocycles. The average molecular weight is 436 g/mol. The van der Waals surface area contributed by atoms with Gasteiger partial charge in [-0.05, 0) is 39.8 Å². The Morgan fingerprint density at radius 3 is 2.77 bits per heavy atom. The first-order chi connectivity index (χ1) is 15.0. The van der Waals surface area contributed by atoms with Crippen LogP contribution in [-0.2, 0) is 11.3 Å². The molecule has 1 aromatic carbocycles. The van der Waals surface area contributed by atoms with Gasteiger partial charge in [0.05, 0.1) is 23.8 Å². The van der Waals surface area contributed by atoms with Crippen LogP contribution in [0, 0.1) is 6.92 Å². The number of nitrogens with zero attached hydrogens (tertiary/aromatic N) is 6. The first-order valence-corrected chi connectivity index (χ1v) is 11.2. The minimum atomic E-state index is -0.120. The SMILES string of the molecule is CCn1c(SCC(=O)Nc2cnc3c(cnn3C(C)C)c2)nnc1-c1cccc(C)c1. The number of pyridine rings is 1. The van der Waals surface area contributed by atoms with E-state index in [0.29, 0.717) is 5.69 Å². The van der Waals surface area contributed by atoms with E-state index < -0.39 is 0 Å². The number of carbonyl (C=O) groups excluding carboxylic acids is 1. The van der Waals surface area contributed by atoms with Crippen LogP contribution in [0.3, 0.4) is 0 Å². The standard InChI is InChI=1S/C22H25N7OS/c1-5-28-21(16-8-6-7-15(4)9-16)26-27-22(28)31-13-19(30)25-18-10-17-11-24-29(14(2)3)20(17)23-12-18/h6-12,14H,5,13H2,1-4H3,(H,25,30). The van der Waals surface area contributed by atoms with Crippen molar-refractivity contribution in [2.24, 2.45) is 0 Å². The summed E-state index contributed by atoms with van der Waals surface area (Å²) in [5, 5.41) is 17.5. The van der Waals surface area contributed by atoms with Crippen molar-refractivity contribution in [2.45, 2.75) is 45.4 Å². The molecule has 0 fully saturated rings. The molecule has 4 aromatic rings. The normalized spacial score (nSPS) is 11.4. The number of amides is 1. The van der Waals surface area contributed by atoms with E-state index in [4.69, 9.17) is 0 Å². The molecular weight excluding hydrogens is 410 g/mol. The monoisotopic (exact) mass is 435 g/mol. The Morgan fingerprint density at radius 2 is 2.03 bits per heavy atom. The smallest absolute Gasteiger partial charge is 0.234 e. The lowest BCUT2D eigenvalue weighted by Crippen LogP contribution is -2.15. The zero-order valence-corrected chi connectivity index (χ0v) is 18.8. The first-order valence-electron chi connectivity index (χ1n) is 10.2. The summed E-state index contributed by atoms with van der Waals surface area (Å²) >= 11 is 1.37. The Kier molecular flexibility index (Phi) is 6.03. The second kappa shape index (κ2) is 8.89. The summed E-state index contributed by atoms with van der Waals surface area (Å²) < 4.78 is 3.89. The van der Waals surface area contributed by atoms with Gasteiger partial charge < -0.3 is 9.88 Å². The molecule has 0 bridgehead atoms. The van der Waals surface area contributed by atoms with Crippen molar-refractivity contribution in [1.82, 2.24) is 29.5 Å². The highest BCUT2D eigenvalue weighted by molar-refractivity contribution is 7.99. The van der Waals surface area contributed by atoms with Gasteiger partial charge in [0.1, 0.15) is 0 Å². The van der Waals surface area contributed by atoms with E-state index in [1.165, 1.54) is 17.3 Å². The van der Waals surface area contributed by atoms with Gasteiger partial charge in [0.25, 0.3) is 0 Å². The lowest BCUT2D eigenvalue weighted by atomic mass is 10.1. The highest BCUT2D eigenvalue weighted by Crippen LogP contribution is 2.25. The van der Waals surface area contributed by atoms with Gasteiger partial charge in [-0.15, -0.1) is 10.2 Å². The van der Waals surface area contributed by atoms with Crippen LogP contribution >= 0.6 is 11.8 Å². The number of thioether (sulfide) groups is 1. The number of anilines is 1. The van der Waals surface area contributed by atoms with Crippen LogP contribution in [0.2, 0.25) is 0 Å². The van der Waals surface area contributed by atoms with Gasteiger partial charge in [-0.2, -0.15) is 5.10 Å². The number of fused-ring (bicyclic) bond motifs is 1. The van der Waals surface area contributed by atoms with Crippen molar-refractivity contribution in [3.63, 3.8) is 0 Å². The maximum atomic E-state index is 12.5. The molecular formula is C22H25N7OS. The third-order valence-corrected chi connectivity index (χ3v) is 5.81. The van der Waals surface area contributed by atoms with E-state index >= 15 is 0 Å². The lowest BCUT2D eigenvalue weighted by Gasteiger charge is -2.09. The zero-order valence-electron chi connectivity index (χ0n) is 18.0. The second-order valence-electron chi connectivity index (χ2n) is 7.58. The summed E-state index contributed by atoms with van der Waals surface area (Å²) in [5.74, 6) is 0.922. The second-order valence-corrected chi connectivity index (χ2v) is 8.52. The van der Waals surface area contributed by atoms with Crippen LogP contribution in [0.4, 0.5) is 5.69 Å². The van der Waals surface area contributed by atoms with Crippen LogP contribution in [-0.4, -0.2) is 41.2 Å². The van der Waals surface area contributed by atoms with E-state index in [-0.39, 0.29) is 17.7 Å². The van der Waals surface area contributed by atoms with Crippen LogP contribution in [0.1, 0.15) is 32.4 Å². The molecule has 160 valence electrons. The Hall–Kier alpha value is -3.20. The van der Waals surface area contributed by atoms with E-state index in [0.717, 1.165) is 34.1 Å². The van der Waals surface area contributed by atoms with Gasteiger partial charge in [0.2, 0.25) is 5.91 Å². The van der Waals surface area contributed by atoms with Crippen molar-refractivity contribution in [3.05, 3.63) is 48.3 Å². The lowest BCUT2D eigenvalue weighted by molar-refractivity contribution is -0.113. The van der Waals surface area contributed by atoms with Crippen molar-refractivity contribution in [3.8, 4) is 11.4 Å². The Morgan fingerprint density at radius 1 is 1.19 bits per heavy atom. The van der Waals surface area contributed by atoms with Crippen molar-refractivity contribution in [1.29, 1.82) is 0 Å². The summed E-state index contributed by atoms with van der Waals surface area (Å²) in [5.41, 5.74) is 3.65. The van der Waals surface area contributed by atoms with Crippen molar-refractivity contribution >= 4 is 34.4 Å². The summed E-state index contributed by atoms with van der Waals surface area (Å²) in [7, 11) is 0. The zero-order chi connectivity index (χ0) is 22.0. The summed E-state index contributed by atoms with van der Waals surface area (Å²) in [4.78, 5) is 17.0. The number of nitrogens with one attached hydrogen (secondary N) is 1. The molecule has 0 unspecified atom stereocenters. The average Bonchev–Trinajstić information content (AvgIpc) is 3.35. The molecule has 9 heteroatoms. The predicted molar refractivity (Wildman–Crippen MR) is 123 cm³/mol. The van der Waals surface area contributed by atoms with Crippen LogP contribution in [0.5, 0.6) is 0 Å². The van der Waals surface area contributed by atoms with E-state index in [1.54, 1.807) is 12.4 Å². The number of hydrogen-bond donors (Lipinski definition) is 1. The van der Waals surface area contributed by atoms with E-state index in [1.807, 2.05) is 34.4 Å². The molecule has 8 nitrogen and oxygen atoms in total. The molecule has 0 saturated heterocycles. The maximum Gasteiger partial charge on any atom is 0.234 e. The Labute approximate surface area is 185 Å². The van der Waals surface area contributed by atoms with Crippen molar-refractivity contribution < 1.29 is 4.79 Å². The number of aryl methyl sites for hydroxylation is 1.